The fraction of sp³-hybridized carbons (Fsp3) is 1.00. The van der Waals surface area contributed by atoms with Gasteiger partial charge in [-0.25, -0.2) is 0 Å². The van der Waals surface area contributed by atoms with Crippen molar-refractivity contribution in [1.29, 1.82) is 0 Å². The molecular weight excluding hydrogens is 209 g/mol. The highest BCUT2D eigenvalue weighted by Gasteiger charge is 2.57. The van der Waals surface area contributed by atoms with Crippen molar-refractivity contribution in [3.63, 3.8) is 0 Å². The van der Waals surface area contributed by atoms with E-state index in [1.807, 2.05) is 0 Å². The first-order chi connectivity index (χ1) is 6.31. The van der Waals surface area contributed by atoms with E-state index in [1.54, 1.807) is 6.92 Å². The molecule has 14 heavy (non-hydrogen) atoms. The predicted octanol–water partition coefficient (Wildman–Crippen LogP) is 1.81. The van der Waals surface area contributed by atoms with Crippen molar-refractivity contribution in [2.45, 2.75) is 19.0 Å². The molecule has 0 aliphatic rings. The number of hydrogen-bond donors (Lipinski definition) is 1. The molecule has 0 spiro atoms. The minimum absolute atomic E-state index is 0.167. The van der Waals surface area contributed by atoms with Gasteiger partial charge in [-0.1, -0.05) is 6.92 Å². The molecule has 0 unspecified atom stereocenters. The topological polar surface area (TPSA) is 21.3 Å². The normalized spacial score (nSPS) is 13.3. The van der Waals surface area contributed by atoms with Crippen LogP contribution in [0.2, 0.25) is 0 Å². The van der Waals surface area contributed by atoms with Crippen molar-refractivity contribution < 1.29 is 26.7 Å². The molecule has 0 aliphatic carbocycles. The minimum atomic E-state index is -5.54. The molecule has 0 fully saturated rings. The van der Waals surface area contributed by atoms with Gasteiger partial charge in [-0.05, 0) is 6.54 Å². The van der Waals surface area contributed by atoms with Crippen LogP contribution in [0, 0.1) is 0 Å². The molecule has 0 bridgehead atoms. The summed E-state index contributed by atoms with van der Waals surface area (Å²) in [5.74, 6) is -4.76. The number of likely N-dealkylation sites (N-methyl/N-ethyl adjacent to an activating group) is 1. The van der Waals surface area contributed by atoms with Crippen LogP contribution >= 0.6 is 0 Å². The van der Waals surface area contributed by atoms with Crippen molar-refractivity contribution in [3.05, 3.63) is 0 Å². The molecule has 0 aromatic carbocycles. The van der Waals surface area contributed by atoms with Gasteiger partial charge in [0.25, 0.3) is 0 Å². The number of halogens is 5. The Hall–Kier alpha value is -0.430. The van der Waals surface area contributed by atoms with Crippen LogP contribution in [0.4, 0.5) is 22.0 Å². The fourth-order valence-corrected chi connectivity index (χ4v) is 0.603. The van der Waals surface area contributed by atoms with Crippen molar-refractivity contribution in [1.82, 2.24) is 5.32 Å². The van der Waals surface area contributed by atoms with Gasteiger partial charge in [-0.3, -0.25) is 0 Å². The summed E-state index contributed by atoms with van der Waals surface area (Å²) in [6.07, 6.45) is -5.54. The van der Waals surface area contributed by atoms with Crippen molar-refractivity contribution in [2.75, 3.05) is 26.3 Å². The monoisotopic (exact) mass is 221 g/mol. The van der Waals surface area contributed by atoms with Gasteiger partial charge in [-0.2, -0.15) is 22.0 Å². The zero-order valence-corrected chi connectivity index (χ0v) is 7.63. The Bertz CT molecular complexity index is 159. The lowest BCUT2D eigenvalue weighted by molar-refractivity contribution is -0.296. The Labute approximate surface area is 78.4 Å². The van der Waals surface area contributed by atoms with Gasteiger partial charge >= 0.3 is 12.1 Å². The minimum Gasteiger partial charge on any atom is -0.373 e. The largest absolute Gasteiger partial charge is 0.455 e. The van der Waals surface area contributed by atoms with E-state index in [-0.39, 0.29) is 13.2 Å². The smallest absolute Gasteiger partial charge is 0.373 e. The lowest BCUT2D eigenvalue weighted by Gasteiger charge is -2.19. The van der Waals surface area contributed by atoms with Crippen LogP contribution in [0.3, 0.4) is 0 Å². The van der Waals surface area contributed by atoms with Crippen LogP contribution in [0.1, 0.15) is 6.92 Å². The molecule has 0 amide bonds. The van der Waals surface area contributed by atoms with Crippen molar-refractivity contribution >= 4 is 0 Å². The average molecular weight is 221 g/mol. The highest BCUT2D eigenvalue weighted by atomic mass is 19.4. The summed E-state index contributed by atoms with van der Waals surface area (Å²) >= 11 is 0. The number of nitrogens with one attached hydrogen (secondary N) is 1. The maximum atomic E-state index is 12.2. The molecule has 0 rings (SSSR count). The molecule has 0 saturated carbocycles. The van der Waals surface area contributed by atoms with Crippen LogP contribution < -0.4 is 5.32 Å². The van der Waals surface area contributed by atoms with Crippen molar-refractivity contribution in [2.24, 2.45) is 0 Å². The third-order valence-corrected chi connectivity index (χ3v) is 1.37. The fourth-order valence-electron chi connectivity index (χ4n) is 0.603. The van der Waals surface area contributed by atoms with Crippen LogP contribution in [0.15, 0.2) is 0 Å². The molecule has 0 atom stereocenters. The van der Waals surface area contributed by atoms with Gasteiger partial charge in [0.15, 0.2) is 0 Å². The van der Waals surface area contributed by atoms with Crippen LogP contribution in [0.5, 0.6) is 0 Å². The summed E-state index contributed by atoms with van der Waals surface area (Å²) in [7, 11) is 0. The van der Waals surface area contributed by atoms with Crippen molar-refractivity contribution in [3.8, 4) is 0 Å². The van der Waals surface area contributed by atoms with Gasteiger partial charge in [0, 0.05) is 6.54 Å². The molecule has 0 saturated heterocycles. The second kappa shape index (κ2) is 5.45. The summed E-state index contributed by atoms with van der Waals surface area (Å²) in [4.78, 5) is 0. The molecule has 0 aromatic rings. The third-order valence-electron chi connectivity index (χ3n) is 1.37. The van der Waals surface area contributed by atoms with E-state index in [2.05, 4.69) is 10.1 Å². The molecule has 0 heterocycles. The van der Waals surface area contributed by atoms with E-state index in [4.69, 9.17) is 0 Å². The molecule has 1 N–H and O–H groups in total. The van der Waals surface area contributed by atoms with E-state index < -0.39 is 18.7 Å². The molecule has 86 valence electrons. The Morgan fingerprint density at radius 1 is 1.14 bits per heavy atom. The van der Waals surface area contributed by atoms with E-state index in [0.717, 1.165) is 0 Å². The van der Waals surface area contributed by atoms with Gasteiger partial charge < -0.3 is 10.1 Å². The Morgan fingerprint density at radius 3 is 2.14 bits per heavy atom. The van der Waals surface area contributed by atoms with E-state index in [9.17, 15) is 22.0 Å². The summed E-state index contributed by atoms with van der Waals surface area (Å²) < 4.78 is 63.2. The number of alkyl halides is 5. The number of ether oxygens (including phenoxy) is 1. The first-order valence-corrected chi connectivity index (χ1v) is 4.04. The van der Waals surface area contributed by atoms with E-state index >= 15 is 0 Å². The molecule has 0 aromatic heterocycles. The maximum Gasteiger partial charge on any atom is 0.455 e. The summed E-state index contributed by atoms with van der Waals surface area (Å²) in [5, 5.41) is 2.72. The molecule has 7 heteroatoms. The summed E-state index contributed by atoms with van der Waals surface area (Å²) in [5.41, 5.74) is 0. The first-order valence-electron chi connectivity index (χ1n) is 4.04. The maximum absolute atomic E-state index is 12.2. The van der Waals surface area contributed by atoms with E-state index in [0.29, 0.717) is 6.54 Å². The average Bonchev–Trinajstić information content (AvgIpc) is 2.02. The van der Waals surface area contributed by atoms with Gasteiger partial charge in [0.05, 0.1) is 6.61 Å². The highest BCUT2D eigenvalue weighted by molar-refractivity contribution is 4.74. The van der Waals surface area contributed by atoms with Gasteiger partial charge in [0.2, 0.25) is 0 Å². The Balaban J connectivity index is 3.67. The quantitative estimate of drug-likeness (QED) is 0.545. The zero-order valence-electron chi connectivity index (χ0n) is 7.63. The second-order valence-corrected chi connectivity index (χ2v) is 2.61. The lowest BCUT2D eigenvalue weighted by atomic mass is 10.3. The highest BCUT2D eigenvalue weighted by Crippen LogP contribution is 2.35. The summed E-state index contributed by atoms with van der Waals surface area (Å²) in [6, 6.07) is 0. The molecular formula is C7H12F5NO. The Morgan fingerprint density at radius 2 is 1.71 bits per heavy atom. The standard InChI is InChI=1S/C7H12F5NO/c1-2-13-3-4-14-5-6(8,9)7(10,11)12/h13H,2-5H2,1H3. The zero-order chi connectivity index (χ0) is 11.2. The number of hydrogen-bond acceptors (Lipinski definition) is 2. The van der Waals surface area contributed by atoms with Gasteiger partial charge in [0.1, 0.15) is 6.61 Å². The molecule has 0 aliphatic heterocycles. The van der Waals surface area contributed by atoms with Crippen LogP contribution in [0.25, 0.3) is 0 Å². The first kappa shape index (κ1) is 13.6. The third kappa shape index (κ3) is 4.71. The van der Waals surface area contributed by atoms with E-state index in [1.165, 1.54) is 0 Å². The lowest BCUT2D eigenvalue weighted by Crippen LogP contribution is -2.41. The SMILES string of the molecule is CCNCCOCC(F)(F)C(F)(F)F. The second-order valence-electron chi connectivity index (χ2n) is 2.61. The number of rotatable bonds is 6. The molecule has 0 radical (unpaired) electrons. The van der Waals surface area contributed by atoms with Crippen LogP contribution in [-0.4, -0.2) is 38.4 Å². The Kier molecular flexibility index (Phi) is 5.28. The predicted molar refractivity (Wildman–Crippen MR) is 40.4 cm³/mol. The van der Waals surface area contributed by atoms with Crippen LogP contribution in [-0.2, 0) is 4.74 Å². The van der Waals surface area contributed by atoms with Gasteiger partial charge in [-0.15, -0.1) is 0 Å². The summed E-state index contributed by atoms with van der Waals surface area (Å²) in [6.45, 7) is 0.856. The molecule has 2 nitrogen and oxygen atoms in total.